The Labute approximate surface area is 102 Å². The van der Waals surface area contributed by atoms with E-state index in [9.17, 15) is 4.79 Å². The Balaban J connectivity index is 2.45. The lowest BCUT2D eigenvalue weighted by Gasteiger charge is -1.99. The van der Waals surface area contributed by atoms with Crippen LogP contribution in [0.5, 0.6) is 0 Å². The van der Waals surface area contributed by atoms with E-state index in [1.807, 2.05) is 17.5 Å². The number of halogens is 1. The van der Waals surface area contributed by atoms with Gasteiger partial charge >= 0.3 is 0 Å². The predicted octanol–water partition coefficient (Wildman–Crippen LogP) is 3.75. The van der Waals surface area contributed by atoms with E-state index in [0.29, 0.717) is 15.5 Å². The summed E-state index contributed by atoms with van der Waals surface area (Å²) < 4.78 is 0. The van der Waals surface area contributed by atoms with Crippen LogP contribution in [0.4, 0.5) is 0 Å². The molecule has 1 heterocycles. The lowest BCUT2D eigenvalue weighted by Crippen LogP contribution is -1.79. The van der Waals surface area contributed by atoms with Crippen molar-refractivity contribution in [2.24, 2.45) is 0 Å². The van der Waals surface area contributed by atoms with E-state index in [1.165, 1.54) is 11.3 Å². The van der Waals surface area contributed by atoms with Crippen molar-refractivity contribution in [3.05, 3.63) is 45.1 Å². The van der Waals surface area contributed by atoms with Gasteiger partial charge in [0, 0.05) is 0 Å². The van der Waals surface area contributed by atoms with E-state index in [-0.39, 0.29) is 0 Å². The molecule has 0 fully saturated rings. The van der Waals surface area contributed by atoms with Gasteiger partial charge in [-0.3, -0.25) is 4.79 Å². The summed E-state index contributed by atoms with van der Waals surface area (Å²) in [6.07, 6.45) is 0.819. The highest BCUT2D eigenvalue weighted by molar-refractivity contribution is 7.12. The molecular formula is C12H6ClNOS. The largest absolute Gasteiger partial charge is 0.297 e. The average Bonchev–Trinajstić information content (AvgIpc) is 2.77. The SMILES string of the molecule is N#Cc1ccc(-c2csc(C=O)c2)cc1Cl. The number of thiophene rings is 1. The average molecular weight is 248 g/mol. The molecule has 0 N–H and O–H groups in total. The van der Waals surface area contributed by atoms with Gasteiger partial charge in [-0.15, -0.1) is 11.3 Å². The number of rotatable bonds is 2. The Kier molecular flexibility index (Phi) is 3.04. The van der Waals surface area contributed by atoms with E-state index in [0.717, 1.165) is 17.4 Å². The van der Waals surface area contributed by atoms with Crippen molar-refractivity contribution in [2.45, 2.75) is 0 Å². The number of nitrogens with zero attached hydrogens (tertiary/aromatic N) is 1. The quantitative estimate of drug-likeness (QED) is 0.759. The van der Waals surface area contributed by atoms with Gasteiger partial charge in [0.1, 0.15) is 6.07 Å². The standard InChI is InChI=1S/C12H6ClNOS/c13-12-4-8(1-2-9(12)5-14)10-3-11(6-15)16-7-10/h1-4,6-7H. The first-order chi connectivity index (χ1) is 7.74. The fraction of sp³-hybridized carbons (Fsp3) is 0. The summed E-state index contributed by atoms with van der Waals surface area (Å²) >= 11 is 7.32. The van der Waals surface area contributed by atoms with E-state index < -0.39 is 0 Å². The molecule has 78 valence electrons. The Bertz CT molecular complexity index is 583. The molecule has 0 spiro atoms. The van der Waals surface area contributed by atoms with Crippen molar-refractivity contribution >= 4 is 29.2 Å². The number of nitriles is 1. The molecule has 2 nitrogen and oxygen atoms in total. The van der Waals surface area contributed by atoms with Crippen LogP contribution in [0.15, 0.2) is 29.6 Å². The minimum absolute atomic E-state index is 0.429. The molecular weight excluding hydrogens is 242 g/mol. The van der Waals surface area contributed by atoms with Gasteiger partial charge in [-0.2, -0.15) is 5.26 Å². The summed E-state index contributed by atoms with van der Waals surface area (Å²) in [4.78, 5) is 11.2. The Morgan fingerprint density at radius 2 is 2.12 bits per heavy atom. The molecule has 0 atom stereocenters. The van der Waals surface area contributed by atoms with Crippen LogP contribution in [-0.2, 0) is 0 Å². The van der Waals surface area contributed by atoms with Crippen LogP contribution in [0, 0.1) is 11.3 Å². The van der Waals surface area contributed by atoms with Gasteiger partial charge in [-0.05, 0) is 34.7 Å². The second-order valence-electron chi connectivity index (χ2n) is 3.16. The van der Waals surface area contributed by atoms with Crippen LogP contribution < -0.4 is 0 Å². The monoisotopic (exact) mass is 247 g/mol. The molecule has 4 heteroatoms. The third kappa shape index (κ3) is 1.99. The second-order valence-corrected chi connectivity index (χ2v) is 4.51. The van der Waals surface area contributed by atoms with Crippen LogP contribution in [0.2, 0.25) is 5.02 Å². The van der Waals surface area contributed by atoms with E-state index >= 15 is 0 Å². The molecule has 0 radical (unpaired) electrons. The number of carbonyl (C=O) groups is 1. The summed E-state index contributed by atoms with van der Waals surface area (Å²) in [6, 6.07) is 9.04. The smallest absolute Gasteiger partial charge is 0.160 e. The fourth-order valence-corrected chi connectivity index (χ4v) is 2.29. The summed E-state index contributed by atoms with van der Waals surface area (Å²) in [5.41, 5.74) is 2.31. The van der Waals surface area contributed by atoms with Gasteiger partial charge in [0.2, 0.25) is 0 Å². The molecule has 0 saturated carbocycles. The van der Waals surface area contributed by atoms with E-state index in [4.69, 9.17) is 16.9 Å². The third-order valence-electron chi connectivity index (χ3n) is 2.16. The molecule has 1 aromatic heterocycles. The number of benzene rings is 1. The Morgan fingerprint density at radius 3 is 2.69 bits per heavy atom. The highest BCUT2D eigenvalue weighted by Gasteiger charge is 2.05. The van der Waals surface area contributed by atoms with Crippen molar-refractivity contribution in [1.82, 2.24) is 0 Å². The van der Waals surface area contributed by atoms with Gasteiger partial charge < -0.3 is 0 Å². The first-order valence-electron chi connectivity index (χ1n) is 4.48. The minimum Gasteiger partial charge on any atom is -0.297 e. The molecule has 16 heavy (non-hydrogen) atoms. The molecule has 0 aliphatic carbocycles. The summed E-state index contributed by atoms with van der Waals surface area (Å²) in [7, 11) is 0. The van der Waals surface area contributed by atoms with Crippen molar-refractivity contribution in [1.29, 1.82) is 5.26 Å². The zero-order chi connectivity index (χ0) is 11.5. The van der Waals surface area contributed by atoms with Crippen molar-refractivity contribution in [3.63, 3.8) is 0 Å². The molecule has 1 aromatic carbocycles. The summed E-state index contributed by atoms with van der Waals surface area (Å²) in [6.45, 7) is 0. The molecule has 0 bridgehead atoms. The van der Waals surface area contributed by atoms with Crippen molar-refractivity contribution < 1.29 is 4.79 Å². The summed E-state index contributed by atoms with van der Waals surface area (Å²) in [5.74, 6) is 0. The third-order valence-corrected chi connectivity index (χ3v) is 3.33. The maximum absolute atomic E-state index is 10.6. The molecule has 0 aliphatic heterocycles. The Hall–Kier alpha value is -1.63. The van der Waals surface area contributed by atoms with Crippen molar-refractivity contribution in [2.75, 3.05) is 0 Å². The molecule has 0 aliphatic rings. The van der Waals surface area contributed by atoms with Crippen LogP contribution in [0.1, 0.15) is 15.2 Å². The first-order valence-corrected chi connectivity index (χ1v) is 5.74. The highest BCUT2D eigenvalue weighted by atomic mass is 35.5. The normalized spacial score (nSPS) is 9.75. The fourth-order valence-electron chi connectivity index (χ4n) is 1.35. The highest BCUT2D eigenvalue weighted by Crippen LogP contribution is 2.28. The first kappa shape index (κ1) is 10.9. The maximum Gasteiger partial charge on any atom is 0.160 e. The number of aldehydes is 1. The molecule has 2 aromatic rings. The van der Waals surface area contributed by atoms with E-state index in [2.05, 4.69) is 0 Å². The van der Waals surface area contributed by atoms with Crippen LogP contribution in [-0.4, -0.2) is 6.29 Å². The lowest BCUT2D eigenvalue weighted by atomic mass is 10.1. The van der Waals surface area contributed by atoms with Crippen LogP contribution >= 0.6 is 22.9 Å². The maximum atomic E-state index is 10.6. The molecule has 2 rings (SSSR count). The Morgan fingerprint density at radius 1 is 1.31 bits per heavy atom. The lowest BCUT2D eigenvalue weighted by molar-refractivity contribution is 0.112. The van der Waals surface area contributed by atoms with Gasteiger partial charge in [-0.25, -0.2) is 0 Å². The molecule has 0 amide bonds. The van der Waals surface area contributed by atoms with Gasteiger partial charge in [0.25, 0.3) is 0 Å². The zero-order valence-electron chi connectivity index (χ0n) is 8.11. The van der Waals surface area contributed by atoms with Crippen LogP contribution in [0.3, 0.4) is 0 Å². The van der Waals surface area contributed by atoms with E-state index in [1.54, 1.807) is 18.2 Å². The van der Waals surface area contributed by atoms with Gasteiger partial charge in [0.05, 0.1) is 15.5 Å². The second kappa shape index (κ2) is 4.48. The topological polar surface area (TPSA) is 40.9 Å². The number of carbonyl (C=O) groups excluding carboxylic acids is 1. The summed E-state index contributed by atoms with van der Waals surface area (Å²) in [5, 5.41) is 11.1. The van der Waals surface area contributed by atoms with Gasteiger partial charge in [0.15, 0.2) is 6.29 Å². The van der Waals surface area contributed by atoms with Crippen molar-refractivity contribution in [3.8, 4) is 17.2 Å². The number of hydrogen-bond acceptors (Lipinski definition) is 3. The molecule has 0 saturated heterocycles. The minimum atomic E-state index is 0.429. The predicted molar refractivity (Wildman–Crippen MR) is 64.9 cm³/mol. The molecule has 0 unspecified atom stereocenters. The zero-order valence-corrected chi connectivity index (χ0v) is 9.68. The van der Waals surface area contributed by atoms with Crippen LogP contribution in [0.25, 0.3) is 11.1 Å². The van der Waals surface area contributed by atoms with Gasteiger partial charge in [-0.1, -0.05) is 17.7 Å². The number of hydrogen-bond donors (Lipinski definition) is 0.